The van der Waals surface area contributed by atoms with Gasteiger partial charge in [0, 0.05) is 5.71 Å². The number of nitrogens with zero attached hydrogens (tertiary/aromatic N) is 4. The normalized spacial score (nSPS) is 11.1. The van der Waals surface area contributed by atoms with E-state index in [2.05, 4.69) is 15.5 Å². The molecule has 0 bridgehead atoms. The summed E-state index contributed by atoms with van der Waals surface area (Å²) in [6.45, 7) is 3.59. The van der Waals surface area contributed by atoms with Gasteiger partial charge in [-0.05, 0) is 13.8 Å². The zero-order valence-corrected chi connectivity index (χ0v) is 7.94. The number of aliphatic imine (C=N–C) groups is 1. The van der Waals surface area contributed by atoms with Crippen LogP contribution in [0, 0.1) is 22.7 Å². The zero-order valence-electron chi connectivity index (χ0n) is 7.94. The summed E-state index contributed by atoms with van der Waals surface area (Å²) >= 11 is 0. The van der Waals surface area contributed by atoms with Gasteiger partial charge in [-0.15, -0.1) is 0 Å². The van der Waals surface area contributed by atoms with Crippen molar-refractivity contribution in [2.24, 2.45) is 15.8 Å². The molecule has 14 heavy (non-hydrogen) atoms. The summed E-state index contributed by atoms with van der Waals surface area (Å²) in [5, 5.41) is 20.7. The Morgan fingerprint density at radius 1 is 1.36 bits per heavy atom. The highest BCUT2D eigenvalue weighted by molar-refractivity contribution is 5.79. The summed E-state index contributed by atoms with van der Waals surface area (Å²) in [5.74, 6) is 0. The number of nitrogens with two attached hydrogens (primary N) is 1. The number of hydrazone groups is 1. The highest BCUT2D eigenvalue weighted by Gasteiger charge is 1.97. The summed E-state index contributed by atoms with van der Waals surface area (Å²) in [6, 6.07) is 3.31. The van der Waals surface area contributed by atoms with Crippen molar-refractivity contribution >= 4 is 12.1 Å². The quantitative estimate of drug-likeness (QED) is 0.287. The molecule has 3 N–H and O–H groups in total. The van der Waals surface area contributed by atoms with Crippen LogP contribution in [0.5, 0.6) is 0 Å². The van der Waals surface area contributed by atoms with Crippen LogP contribution >= 0.6 is 0 Å². The lowest BCUT2D eigenvalue weighted by molar-refractivity contribution is 1.04. The van der Waals surface area contributed by atoms with Gasteiger partial charge in [0.15, 0.2) is 5.70 Å². The molecular weight excluding hydrogens is 180 g/mol. The van der Waals surface area contributed by atoms with Crippen molar-refractivity contribution in [1.29, 1.82) is 10.5 Å². The molecule has 6 heteroatoms. The molecule has 0 aliphatic carbocycles. The number of hydrogen-bond acceptors (Lipinski definition) is 5. The maximum Gasteiger partial charge on any atom is 0.175 e. The maximum atomic E-state index is 8.52. The molecule has 0 aliphatic rings. The van der Waals surface area contributed by atoms with E-state index >= 15 is 0 Å². The molecule has 0 aromatic heterocycles. The van der Waals surface area contributed by atoms with Crippen molar-refractivity contribution in [3.8, 4) is 12.1 Å². The topological polar surface area (TPSA) is 110 Å². The fraction of sp³-hybridized carbons (Fsp3) is 0.250. The van der Waals surface area contributed by atoms with E-state index in [1.165, 1.54) is 6.34 Å². The van der Waals surface area contributed by atoms with Crippen molar-refractivity contribution in [3.05, 3.63) is 11.4 Å². The molecule has 0 fully saturated rings. The van der Waals surface area contributed by atoms with Gasteiger partial charge in [0.2, 0.25) is 0 Å². The predicted octanol–water partition coefficient (Wildman–Crippen LogP) is 0.218. The molecule has 0 aromatic carbocycles. The number of nitrogens with one attached hydrogen (secondary N) is 1. The maximum absolute atomic E-state index is 8.52. The van der Waals surface area contributed by atoms with Crippen molar-refractivity contribution < 1.29 is 0 Å². The van der Waals surface area contributed by atoms with Gasteiger partial charge in [0.05, 0.1) is 0 Å². The summed E-state index contributed by atoms with van der Waals surface area (Å²) in [5.41, 5.74) is 8.12. The fourth-order valence-electron chi connectivity index (χ4n) is 0.463. The van der Waals surface area contributed by atoms with Crippen molar-refractivity contribution in [2.45, 2.75) is 13.8 Å². The van der Waals surface area contributed by atoms with E-state index in [9.17, 15) is 0 Å². The average molecular weight is 190 g/mol. The Hall–Kier alpha value is -2.34. The number of allylic oxidation sites excluding steroid dienone is 2. The average Bonchev–Trinajstić information content (AvgIpc) is 2.16. The minimum Gasteiger partial charge on any atom is -0.388 e. The first kappa shape index (κ1) is 11.7. The van der Waals surface area contributed by atoms with Crippen LogP contribution in [0.1, 0.15) is 13.8 Å². The van der Waals surface area contributed by atoms with Crippen LogP contribution in [0.2, 0.25) is 0 Å². The van der Waals surface area contributed by atoms with Gasteiger partial charge in [-0.2, -0.15) is 15.6 Å². The van der Waals surface area contributed by atoms with Gasteiger partial charge >= 0.3 is 0 Å². The first-order valence-corrected chi connectivity index (χ1v) is 3.70. The van der Waals surface area contributed by atoms with Crippen molar-refractivity contribution in [3.63, 3.8) is 0 Å². The molecule has 6 nitrogen and oxygen atoms in total. The molecule has 0 unspecified atom stereocenters. The number of rotatable bonds is 3. The Labute approximate surface area is 82.0 Å². The van der Waals surface area contributed by atoms with E-state index in [1.54, 1.807) is 26.0 Å². The summed E-state index contributed by atoms with van der Waals surface area (Å²) < 4.78 is 0. The Bertz CT molecular complexity index is 358. The molecule has 0 aromatic rings. The molecule has 0 spiro atoms. The van der Waals surface area contributed by atoms with Crippen LogP contribution < -0.4 is 11.2 Å². The zero-order chi connectivity index (χ0) is 11.0. The number of hydrogen-bond donors (Lipinski definition) is 2. The Kier molecular flexibility index (Phi) is 5.17. The largest absolute Gasteiger partial charge is 0.388 e. The molecule has 0 saturated heterocycles. The lowest BCUT2D eigenvalue weighted by Gasteiger charge is -1.91. The van der Waals surface area contributed by atoms with E-state index in [0.717, 1.165) is 5.71 Å². The summed E-state index contributed by atoms with van der Waals surface area (Å²) in [7, 11) is 0. The second-order valence-electron chi connectivity index (χ2n) is 2.43. The van der Waals surface area contributed by atoms with Gasteiger partial charge in [-0.1, -0.05) is 0 Å². The monoisotopic (exact) mass is 190 g/mol. The van der Waals surface area contributed by atoms with E-state index < -0.39 is 0 Å². The smallest absolute Gasteiger partial charge is 0.175 e. The van der Waals surface area contributed by atoms with E-state index in [0.29, 0.717) is 0 Å². The van der Waals surface area contributed by atoms with Crippen LogP contribution in [0.3, 0.4) is 0 Å². The van der Waals surface area contributed by atoms with E-state index in [4.69, 9.17) is 16.3 Å². The minimum atomic E-state index is -0.220. The molecule has 0 saturated carbocycles. The molecule has 0 rings (SSSR count). The highest BCUT2D eigenvalue weighted by atomic mass is 15.3. The second-order valence-corrected chi connectivity index (χ2v) is 2.43. The standard InChI is InChI=1S/C8H10N6/c1-6(2)14-13-5-12-8(4-10)7(11)3-9/h5H,11H2,1-2H3,(H,12,13)/b8-7-. The Morgan fingerprint density at radius 2 is 2.00 bits per heavy atom. The SMILES string of the molecule is CC(C)=NNC=N/C(C#N)=C(\N)C#N. The first-order chi connectivity index (χ1) is 6.61. The second kappa shape index (κ2) is 6.21. The van der Waals surface area contributed by atoms with Gasteiger partial charge in [0.25, 0.3) is 0 Å². The third-order valence-corrected chi connectivity index (χ3v) is 1.02. The van der Waals surface area contributed by atoms with Gasteiger partial charge < -0.3 is 5.73 Å². The lowest BCUT2D eigenvalue weighted by Crippen LogP contribution is -2.05. The third kappa shape index (κ3) is 4.52. The van der Waals surface area contributed by atoms with Crippen LogP contribution in [0.4, 0.5) is 0 Å². The van der Waals surface area contributed by atoms with Crippen molar-refractivity contribution in [2.75, 3.05) is 0 Å². The molecular formula is C8H10N6. The van der Waals surface area contributed by atoms with Crippen LogP contribution in [0.25, 0.3) is 0 Å². The van der Waals surface area contributed by atoms with E-state index in [1.807, 2.05) is 0 Å². The Balaban J connectivity index is 4.46. The van der Waals surface area contributed by atoms with Crippen molar-refractivity contribution in [1.82, 2.24) is 5.43 Å². The van der Waals surface area contributed by atoms with Crippen LogP contribution in [-0.2, 0) is 0 Å². The highest BCUT2D eigenvalue weighted by Crippen LogP contribution is 1.96. The van der Waals surface area contributed by atoms with Crippen LogP contribution in [-0.4, -0.2) is 12.1 Å². The van der Waals surface area contributed by atoms with E-state index in [-0.39, 0.29) is 11.4 Å². The van der Waals surface area contributed by atoms with Gasteiger partial charge in [-0.3, -0.25) is 5.43 Å². The summed E-state index contributed by atoms with van der Waals surface area (Å²) in [6.07, 6.45) is 1.19. The molecule has 0 heterocycles. The fourth-order valence-corrected chi connectivity index (χ4v) is 0.463. The van der Waals surface area contributed by atoms with Gasteiger partial charge in [0.1, 0.15) is 24.2 Å². The minimum absolute atomic E-state index is 0.135. The molecule has 0 atom stereocenters. The summed E-state index contributed by atoms with van der Waals surface area (Å²) in [4.78, 5) is 3.61. The Morgan fingerprint density at radius 3 is 2.43 bits per heavy atom. The number of nitriles is 2. The first-order valence-electron chi connectivity index (χ1n) is 3.70. The van der Waals surface area contributed by atoms with Gasteiger partial charge in [-0.25, -0.2) is 4.99 Å². The lowest BCUT2D eigenvalue weighted by atomic mass is 10.4. The third-order valence-electron chi connectivity index (χ3n) is 1.02. The molecule has 72 valence electrons. The van der Waals surface area contributed by atoms with Crippen LogP contribution in [0.15, 0.2) is 21.5 Å². The molecule has 0 amide bonds. The molecule has 0 radical (unpaired) electrons. The predicted molar refractivity (Wildman–Crippen MR) is 52.9 cm³/mol. The molecule has 0 aliphatic heterocycles.